The summed E-state index contributed by atoms with van der Waals surface area (Å²) in [5.41, 5.74) is 3.40. The number of amides is 1. The molecule has 0 aliphatic carbocycles. The van der Waals surface area contributed by atoms with E-state index in [-0.39, 0.29) is 5.91 Å². The molecule has 0 unspecified atom stereocenters. The lowest BCUT2D eigenvalue weighted by Gasteiger charge is -2.25. The molecule has 0 bridgehead atoms. The number of methoxy groups -OCH3 is 1. The van der Waals surface area contributed by atoms with Gasteiger partial charge in [0.05, 0.1) is 19.9 Å². The van der Waals surface area contributed by atoms with Crippen LogP contribution in [-0.4, -0.2) is 43.8 Å². The van der Waals surface area contributed by atoms with Crippen LogP contribution in [0.15, 0.2) is 29.4 Å². The molecule has 1 saturated heterocycles. The molecule has 5 nitrogen and oxygen atoms in total. The number of hydrogen-bond donors (Lipinski definition) is 1. The zero-order chi connectivity index (χ0) is 14.2. The van der Waals surface area contributed by atoms with E-state index in [9.17, 15) is 4.79 Å². The molecule has 1 aliphatic rings. The minimum absolute atomic E-state index is 0.0713. The third-order valence-electron chi connectivity index (χ3n) is 3.35. The predicted molar refractivity (Wildman–Crippen MR) is 79.0 cm³/mol. The summed E-state index contributed by atoms with van der Waals surface area (Å²) in [4.78, 5) is 13.9. The van der Waals surface area contributed by atoms with Crippen molar-refractivity contribution < 1.29 is 9.53 Å². The van der Waals surface area contributed by atoms with Crippen LogP contribution in [0.25, 0.3) is 0 Å². The normalized spacial score (nSPS) is 16.2. The third-order valence-corrected chi connectivity index (χ3v) is 3.35. The third kappa shape index (κ3) is 4.35. The van der Waals surface area contributed by atoms with Crippen molar-refractivity contribution >= 4 is 12.1 Å². The number of likely N-dealkylation sites (tertiary alicyclic amines) is 1. The van der Waals surface area contributed by atoms with Gasteiger partial charge in [0, 0.05) is 5.56 Å². The topological polar surface area (TPSA) is 53.9 Å². The van der Waals surface area contributed by atoms with Crippen LogP contribution in [0, 0.1) is 0 Å². The molecule has 0 atom stereocenters. The molecule has 1 heterocycles. The van der Waals surface area contributed by atoms with Crippen LogP contribution >= 0.6 is 0 Å². The zero-order valence-corrected chi connectivity index (χ0v) is 11.8. The van der Waals surface area contributed by atoms with Gasteiger partial charge >= 0.3 is 0 Å². The van der Waals surface area contributed by atoms with Gasteiger partial charge in [0.2, 0.25) is 0 Å². The Kier molecular flexibility index (Phi) is 5.55. The van der Waals surface area contributed by atoms with Gasteiger partial charge in [-0.3, -0.25) is 9.69 Å². The van der Waals surface area contributed by atoms with E-state index in [2.05, 4.69) is 15.4 Å². The quantitative estimate of drug-likeness (QED) is 0.656. The van der Waals surface area contributed by atoms with Gasteiger partial charge in [0.15, 0.2) is 0 Å². The van der Waals surface area contributed by atoms with Crippen LogP contribution in [0.2, 0.25) is 0 Å². The van der Waals surface area contributed by atoms with E-state index < -0.39 is 0 Å². The van der Waals surface area contributed by atoms with Crippen molar-refractivity contribution in [2.75, 3.05) is 26.7 Å². The molecule has 0 spiro atoms. The second-order valence-electron chi connectivity index (χ2n) is 4.87. The van der Waals surface area contributed by atoms with Crippen molar-refractivity contribution in [1.82, 2.24) is 10.3 Å². The highest BCUT2D eigenvalue weighted by Crippen LogP contribution is 2.14. The Morgan fingerprint density at radius 2 is 2.10 bits per heavy atom. The van der Waals surface area contributed by atoms with Crippen molar-refractivity contribution in [2.45, 2.75) is 19.3 Å². The Morgan fingerprint density at radius 1 is 1.35 bits per heavy atom. The van der Waals surface area contributed by atoms with E-state index in [1.807, 2.05) is 24.3 Å². The van der Waals surface area contributed by atoms with Crippen molar-refractivity contribution in [3.63, 3.8) is 0 Å². The smallest absolute Gasteiger partial charge is 0.254 e. The number of carbonyl (C=O) groups excluding carboxylic acids is 1. The monoisotopic (exact) mass is 275 g/mol. The second-order valence-corrected chi connectivity index (χ2v) is 4.87. The van der Waals surface area contributed by atoms with Gasteiger partial charge < -0.3 is 4.74 Å². The second kappa shape index (κ2) is 7.65. The van der Waals surface area contributed by atoms with Gasteiger partial charge in [-0.25, -0.2) is 5.43 Å². The first-order valence-corrected chi connectivity index (χ1v) is 6.97. The number of hydrazone groups is 1. The fourth-order valence-corrected chi connectivity index (χ4v) is 2.30. The number of carbonyl (C=O) groups is 1. The minimum Gasteiger partial charge on any atom is -0.496 e. The molecular weight excluding hydrogens is 254 g/mol. The zero-order valence-electron chi connectivity index (χ0n) is 11.8. The number of rotatable bonds is 5. The number of para-hydroxylation sites is 1. The number of nitrogens with zero attached hydrogens (tertiary/aromatic N) is 2. The van der Waals surface area contributed by atoms with E-state index in [4.69, 9.17) is 4.74 Å². The summed E-state index contributed by atoms with van der Waals surface area (Å²) in [7, 11) is 1.61. The van der Waals surface area contributed by atoms with E-state index in [1.165, 1.54) is 19.3 Å². The first-order valence-electron chi connectivity index (χ1n) is 6.97. The molecule has 5 heteroatoms. The highest BCUT2D eigenvalue weighted by atomic mass is 16.5. The van der Waals surface area contributed by atoms with Gasteiger partial charge in [-0.2, -0.15) is 5.10 Å². The number of hydrogen-bond acceptors (Lipinski definition) is 4. The summed E-state index contributed by atoms with van der Waals surface area (Å²) in [5.74, 6) is 0.666. The van der Waals surface area contributed by atoms with Gasteiger partial charge in [0.25, 0.3) is 5.91 Å². The largest absolute Gasteiger partial charge is 0.496 e. The lowest BCUT2D eigenvalue weighted by atomic mass is 10.1. The maximum absolute atomic E-state index is 11.8. The number of benzene rings is 1. The molecule has 1 fully saturated rings. The standard InChI is InChI=1S/C15H21N3O2/c1-20-14-8-4-3-7-13(14)11-16-17-15(19)12-18-9-5-2-6-10-18/h3-4,7-8,11H,2,5-6,9-10,12H2,1H3,(H,17,19)/b16-11+. The van der Waals surface area contributed by atoms with Crippen molar-refractivity contribution in [3.8, 4) is 5.75 Å². The molecule has 2 rings (SSSR count). The molecule has 0 aromatic heterocycles. The predicted octanol–water partition coefficient (Wildman–Crippen LogP) is 1.63. The average molecular weight is 275 g/mol. The Labute approximate surface area is 119 Å². The van der Waals surface area contributed by atoms with Crippen molar-refractivity contribution in [2.24, 2.45) is 5.10 Å². The van der Waals surface area contributed by atoms with E-state index in [0.717, 1.165) is 24.4 Å². The summed E-state index contributed by atoms with van der Waals surface area (Å²) in [6.07, 6.45) is 5.23. The van der Waals surface area contributed by atoms with Crippen LogP contribution < -0.4 is 10.2 Å². The fourth-order valence-electron chi connectivity index (χ4n) is 2.30. The summed E-state index contributed by atoms with van der Waals surface area (Å²) in [6, 6.07) is 7.54. The van der Waals surface area contributed by atoms with Crippen LogP contribution in [0.1, 0.15) is 24.8 Å². The summed E-state index contributed by atoms with van der Waals surface area (Å²) in [6.45, 7) is 2.43. The van der Waals surface area contributed by atoms with Crippen LogP contribution in [0.3, 0.4) is 0 Å². The Balaban J connectivity index is 1.81. The van der Waals surface area contributed by atoms with Crippen molar-refractivity contribution in [1.29, 1.82) is 0 Å². The Morgan fingerprint density at radius 3 is 2.85 bits per heavy atom. The molecule has 1 N–H and O–H groups in total. The molecule has 1 aromatic rings. The van der Waals surface area contributed by atoms with E-state index in [0.29, 0.717) is 6.54 Å². The lowest BCUT2D eigenvalue weighted by Crippen LogP contribution is -2.38. The SMILES string of the molecule is COc1ccccc1/C=N/NC(=O)CN1CCCCC1. The summed E-state index contributed by atoms with van der Waals surface area (Å²) < 4.78 is 5.21. The van der Waals surface area contributed by atoms with E-state index >= 15 is 0 Å². The van der Waals surface area contributed by atoms with Gasteiger partial charge in [-0.1, -0.05) is 18.6 Å². The molecule has 0 saturated carbocycles. The number of piperidine rings is 1. The van der Waals surface area contributed by atoms with Gasteiger partial charge in [0.1, 0.15) is 5.75 Å². The minimum atomic E-state index is -0.0713. The maximum Gasteiger partial charge on any atom is 0.254 e. The molecular formula is C15H21N3O2. The Bertz CT molecular complexity index is 468. The molecule has 108 valence electrons. The van der Waals surface area contributed by atoms with Crippen LogP contribution in [0.5, 0.6) is 5.75 Å². The molecule has 20 heavy (non-hydrogen) atoms. The fraction of sp³-hybridized carbons (Fsp3) is 0.467. The lowest BCUT2D eigenvalue weighted by molar-refractivity contribution is -0.122. The molecule has 1 aromatic carbocycles. The average Bonchev–Trinajstić information content (AvgIpc) is 2.49. The summed E-state index contributed by atoms with van der Waals surface area (Å²) in [5, 5.41) is 3.98. The van der Waals surface area contributed by atoms with Crippen LogP contribution in [-0.2, 0) is 4.79 Å². The first kappa shape index (κ1) is 14.5. The highest BCUT2D eigenvalue weighted by molar-refractivity contribution is 5.85. The summed E-state index contributed by atoms with van der Waals surface area (Å²) >= 11 is 0. The molecule has 0 radical (unpaired) electrons. The molecule has 1 aliphatic heterocycles. The Hall–Kier alpha value is -1.88. The number of nitrogens with one attached hydrogen (secondary N) is 1. The molecule has 1 amide bonds. The van der Waals surface area contributed by atoms with Gasteiger partial charge in [-0.15, -0.1) is 0 Å². The highest BCUT2D eigenvalue weighted by Gasteiger charge is 2.13. The maximum atomic E-state index is 11.8. The van der Waals surface area contributed by atoms with Crippen molar-refractivity contribution in [3.05, 3.63) is 29.8 Å². The van der Waals surface area contributed by atoms with E-state index in [1.54, 1.807) is 13.3 Å². The number of ether oxygens (including phenoxy) is 1. The first-order chi connectivity index (χ1) is 9.79. The van der Waals surface area contributed by atoms with Gasteiger partial charge in [-0.05, 0) is 38.1 Å². The van der Waals surface area contributed by atoms with Crippen LogP contribution in [0.4, 0.5) is 0 Å².